The van der Waals surface area contributed by atoms with Crippen LogP contribution in [0.25, 0.3) is 0 Å². The number of rotatable bonds is 4. The average molecular weight is 394 g/mol. The maximum Gasteiger partial charge on any atom is 0.419 e. The molecule has 2 aliphatic rings. The molecule has 150 valence electrons. The van der Waals surface area contributed by atoms with E-state index >= 15 is 0 Å². The summed E-state index contributed by atoms with van der Waals surface area (Å²) in [5.74, 6) is 0.344. The first-order chi connectivity index (χ1) is 13.3. The van der Waals surface area contributed by atoms with Gasteiger partial charge in [0, 0.05) is 25.3 Å². The highest BCUT2D eigenvalue weighted by Gasteiger charge is 2.37. The quantitative estimate of drug-likeness (QED) is 0.862. The van der Waals surface area contributed by atoms with Crippen LogP contribution in [0.2, 0.25) is 0 Å². The minimum atomic E-state index is -4.49. The number of halogens is 3. The smallest absolute Gasteiger partial charge is 0.355 e. The van der Waals surface area contributed by atoms with Crippen LogP contribution in [-0.4, -0.2) is 38.7 Å². The maximum atomic E-state index is 13.3. The lowest BCUT2D eigenvalue weighted by Crippen LogP contribution is -2.42. The number of amides is 1. The highest BCUT2D eigenvalue weighted by molar-refractivity contribution is 5.91. The second-order valence-electron chi connectivity index (χ2n) is 7.32. The molecular formula is C18H21F3N6O. The van der Waals surface area contributed by atoms with Crippen LogP contribution in [0.1, 0.15) is 43.1 Å². The van der Waals surface area contributed by atoms with E-state index in [1.54, 1.807) is 4.90 Å². The van der Waals surface area contributed by atoms with E-state index in [0.29, 0.717) is 31.4 Å². The average Bonchev–Trinajstić information content (AvgIpc) is 3.44. The lowest BCUT2D eigenvalue weighted by atomic mass is 9.96. The normalized spacial score (nSPS) is 20.3. The van der Waals surface area contributed by atoms with E-state index in [0.717, 1.165) is 24.7 Å². The summed E-state index contributed by atoms with van der Waals surface area (Å²) in [5.41, 5.74) is -0.778. The Labute approximate surface area is 160 Å². The standard InChI is InChI=1S/C18H21F3N6O/c1-11-24-25-17(27(11)13-6-7-13)23-16(28)12-4-3-9-26(10-12)15-14(18(19,20)21)5-2-8-22-15/h2,5,8,12-13H,3-4,6-7,9-10H2,1H3,(H,23,25,28). The Morgan fingerprint density at radius 1 is 1.25 bits per heavy atom. The summed E-state index contributed by atoms with van der Waals surface area (Å²) in [4.78, 5) is 18.3. The summed E-state index contributed by atoms with van der Waals surface area (Å²) >= 11 is 0. The van der Waals surface area contributed by atoms with E-state index in [4.69, 9.17) is 0 Å². The summed E-state index contributed by atoms with van der Waals surface area (Å²) in [6, 6.07) is 2.61. The van der Waals surface area contributed by atoms with Gasteiger partial charge in [-0.2, -0.15) is 13.2 Å². The number of hydrogen-bond acceptors (Lipinski definition) is 5. The second-order valence-corrected chi connectivity index (χ2v) is 7.32. The molecule has 1 atom stereocenters. The molecule has 10 heteroatoms. The van der Waals surface area contributed by atoms with Crippen molar-refractivity contribution in [3.63, 3.8) is 0 Å². The molecule has 1 unspecified atom stereocenters. The van der Waals surface area contributed by atoms with E-state index < -0.39 is 17.7 Å². The molecule has 1 saturated carbocycles. The number of alkyl halides is 3. The van der Waals surface area contributed by atoms with Gasteiger partial charge in [-0.25, -0.2) is 4.98 Å². The number of aromatic nitrogens is 4. The predicted molar refractivity (Wildman–Crippen MR) is 95.8 cm³/mol. The zero-order valence-corrected chi connectivity index (χ0v) is 15.4. The van der Waals surface area contributed by atoms with Crippen molar-refractivity contribution in [1.29, 1.82) is 0 Å². The Bertz CT molecular complexity index is 876. The highest BCUT2D eigenvalue weighted by Crippen LogP contribution is 2.38. The molecule has 2 aromatic heterocycles. The molecule has 2 aromatic rings. The molecule has 7 nitrogen and oxygen atoms in total. The van der Waals surface area contributed by atoms with E-state index in [1.807, 2.05) is 11.5 Å². The number of pyridine rings is 1. The summed E-state index contributed by atoms with van der Waals surface area (Å²) < 4.78 is 41.8. The van der Waals surface area contributed by atoms with Crippen LogP contribution in [0, 0.1) is 12.8 Å². The van der Waals surface area contributed by atoms with E-state index in [1.165, 1.54) is 12.3 Å². The molecule has 0 bridgehead atoms. The Balaban J connectivity index is 1.50. The van der Waals surface area contributed by atoms with Crippen molar-refractivity contribution in [2.24, 2.45) is 5.92 Å². The molecule has 0 radical (unpaired) electrons. The molecule has 0 aromatic carbocycles. The van der Waals surface area contributed by atoms with Crippen molar-refractivity contribution in [2.75, 3.05) is 23.3 Å². The molecule has 1 saturated heterocycles. The molecular weight excluding hydrogens is 373 g/mol. The van der Waals surface area contributed by atoms with Crippen molar-refractivity contribution >= 4 is 17.7 Å². The predicted octanol–water partition coefficient (Wildman–Crippen LogP) is 3.19. The molecule has 1 aliphatic heterocycles. The number of nitrogens with zero attached hydrogens (tertiary/aromatic N) is 5. The van der Waals surface area contributed by atoms with Crippen molar-refractivity contribution < 1.29 is 18.0 Å². The fourth-order valence-electron chi connectivity index (χ4n) is 3.69. The largest absolute Gasteiger partial charge is 0.419 e. The van der Waals surface area contributed by atoms with Crippen LogP contribution in [0.15, 0.2) is 18.3 Å². The van der Waals surface area contributed by atoms with Crippen molar-refractivity contribution in [1.82, 2.24) is 19.7 Å². The van der Waals surface area contributed by atoms with Gasteiger partial charge < -0.3 is 4.90 Å². The zero-order valence-electron chi connectivity index (χ0n) is 15.4. The van der Waals surface area contributed by atoms with Crippen LogP contribution in [0.4, 0.5) is 24.9 Å². The first kappa shape index (κ1) is 18.7. The fourth-order valence-corrected chi connectivity index (χ4v) is 3.69. The van der Waals surface area contributed by atoms with Gasteiger partial charge in [-0.15, -0.1) is 10.2 Å². The third-order valence-corrected chi connectivity index (χ3v) is 5.20. The Morgan fingerprint density at radius 2 is 2.04 bits per heavy atom. The Morgan fingerprint density at radius 3 is 2.75 bits per heavy atom. The number of piperidine rings is 1. The third-order valence-electron chi connectivity index (χ3n) is 5.20. The topological polar surface area (TPSA) is 75.9 Å². The summed E-state index contributed by atoms with van der Waals surface area (Å²) in [6.07, 6.45) is 0.122. The molecule has 1 amide bonds. The number of aryl methyl sites for hydroxylation is 1. The van der Waals surface area contributed by atoms with Gasteiger partial charge in [-0.3, -0.25) is 14.7 Å². The van der Waals surface area contributed by atoms with E-state index in [9.17, 15) is 18.0 Å². The van der Waals surface area contributed by atoms with Gasteiger partial charge in [-0.1, -0.05) is 0 Å². The number of hydrogen-bond donors (Lipinski definition) is 1. The van der Waals surface area contributed by atoms with Gasteiger partial charge in [0.05, 0.1) is 11.5 Å². The summed E-state index contributed by atoms with van der Waals surface area (Å²) in [5, 5.41) is 10.9. The van der Waals surface area contributed by atoms with Gasteiger partial charge in [0.2, 0.25) is 11.9 Å². The zero-order chi connectivity index (χ0) is 19.9. The molecule has 3 heterocycles. The van der Waals surface area contributed by atoms with E-state index in [2.05, 4.69) is 20.5 Å². The highest BCUT2D eigenvalue weighted by atomic mass is 19.4. The number of nitrogens with one attached hydrogen (secondary N) is 1. The van der Waals surface area contributed by atoms with Crippen LogP contribution in [0.5, 0.6) is 0 Å². The van der Waals surface area contributed by atoms with Gasteiger partial charge in [0.15, 0.2) is 0 Å². The van der Waals surface area contributed by atoms with Gasteiger partial charge in [0.1, 0.15) is 11.6 Å². The van der Waals surface area contributed by atoms with Gasteiger partial charge in [-0.05, 0) is 44.7 Å². The monoisotopic (exact) mass is 394 g/mol. The van der Waals surface area contributed by atoms with E-state index in [-0.39, 0.29) is 18.3 Å². The third kappa shape index (κ3) is 3.67. The maximum absolute atomic E-state index is 13.3. The SMILES string of the molecule is Cc1nnc(NC(=O)C2CCCN(c3ncccc3C(F)(F)F)C2)n1C1CC1. The van der Waals surface area contributed by atoms with Crippen molar-refractivity contribution in [3.8, 4) is 0 Å². The minimum Gasteiger partial charge on any atom is -0.355 e. The van der Waals surface area contributed by atoms with Crippen LogP contribution in [0.3, 0.4) is 0 Å². The molecule has 28 heavy (non-hydrogen) atoms. The Kier molecular flexibility index (Phi) is 4.72. The van der Waals surface area contributed by atoms with Crippen molar-refractivity contribution in [2.45, 2.75) is 44.8 Å². The minimum absolute atomic E-state index is 0.121. The fraction of sp³-hybridized carbons (Fsp3) is 0.556. The molecule has 1 N–H and O–H groups in total. The van der Waals surface area contributed by atoms with Gasteiger partial charge in [0.25, 0.3) is 0 Å². The molecule has 0 spiro atoms. The number of anilines is 2. The molecule has 2 fully saturated rings. The number of carbonyl (C=O) groups excluding carboxylic acids is 1. The number of carbonyl (C=O) groups is 1. The second kappa shape index (κ2) is 7.06. The van der Waals surface area contributed by atoms with Crippen molar-refractivity contribution in [3.05, 3.63) is 29.7 Å². The molecule has 1 aliphatic carbocycles. The molecule has 4 rings (SSSR count). The lowest BCUT2D eigenvalue weighted by Gasteiger charge is -2.34. The summed E-state index contributed by atoms with van der Waals surface area (Å²) in [7, 11) is 0. The first-order valence-electron chi connectivity index (χ1n) is 9.34. The summed E-state index contributed by atoms with van der Waals surface area (Å²) in [6.45, 7) is 2.45. The first-order valence-corrected chi connectivity index (χ1v) is 9.34. The van der Waals surface area contributed by atoms with Crippen LogP contribution in [-0.2, 0) is 11.0 Å². The lowest BCUT2D eigenvalue weighted by molar-refractivity contribution is -0.137. The van der Waals surface area contributed by atoms with Crippen LogP contribution < -0.4 is 10.2 Å². The van der Waals surface area contributed by atoms with Gasteiger partial charge >= 0.3 is 6.18 Å². The van der Waals surface area contributed by atoms with Crippen LogP contribution >= 0.6 is 0 Å². The Hall–Kier alpha value is -2.65.